The molecule has 3 aliphatic carbocycles. The molecular weight excluding hydrogens is 324 g/mol. The third kappa shape index (κ3) is 2.29. The molecule has 2 N–H and O–H groups in total. The number of nitrogens with two attached hydrogens (primary N) is 1. The zero-order valence-electron chi connectivity index (χ0n) is 15.1. The number of urea groups is 1. The average Bonchev–Trinajstić information content (AvgIpc) is 2.70. The van der Waals surface area contributed by atoms with Crippen molar-refractivity contribution in [2.24, 2.45) is 11.1 Å². The van der Waals surface area contributed by atoms with Crippen molar-refractivity contribution in [3.05, 3.63) is 0 Å². The number of nitrogens with zero attached hydrogens (tertiary/aromatic N) is 3. The topological polar surface area (TPSA) is 96.2 Å². The van der Waals surface area contributed by atoms with Crippen molar-refractivity contribution in [1.82, 2.24) is 14.7 Å². The fourth-order valence-electron chi connectivity index (χ4n) is 4.88. The lowest BCUT2D eigenvalue weighted by atomic mass is 9.38. The molecule has 2 saturated heterocycles. The molecule has 2 heterocycles. The van der Waals surface area contributed by atoms with Gasteiger partial charge in [0.2, 0.25) is 5.91 Å². The molecule has 138 valence electrons. The Morgan fingerprint density at radius 3 is 2.36 bits per heavy atom. The Labute approximate surface area is 147 Å². The average molecular weight is 350 g/mol. The molecule has 4 amide bonds. The molecule has 5 rings (SSSR count). The summed E-state index contributed by atoms with van der Waals surface area (Å²) in [5.74, 6) is -0.241. The van der Waals surface area contributed by atoms with Gasteiger partial charge >= 0.3 is 12.1 Å². The standard InChI is InChI=1S/C17H26N4O4/c1-15(2,3)25-14(24)19-4-5-20-11(6-19)7-21(13(20)23)17-8-16(9-17,10-17)12(18)22/h11H,4-10H2,1-3H3,(H2,18,22)/t11-,16?,17?/m0/s1. The number of amides is 4. The van der Waals surface area contributed by atoms with Gasteiger partial charge in [0, 0.05) is 31.7 Å². The molecule has 2 bridgehead atoms. The summed E-state index contributed by atoms with van der Waals surface area (Å²) in [6, 6.07) is 0.0268. The van der Waals surface area contributed by atoms with Gasteiger partial charge in [-0.1, -0.05) is 0 Å². The second-order valence-electron chi connectivity index (χ2n) is 9.07. The first-order chi connectivity index (χ1) is 11.6. The summed E-state index contributed by atoms with van der Waals surface area (Å²) in [5.41, 5.74) is 4.39. The van der Waals surface area contributed by atoms with Crippen LogP contribution in [0.15, 0.2) is 0 Å². The molecule has 2 aliphatic heterocycles. The van der Waals surface area contributed by atoms with Crippen LogP contribution in [-0.2, 0) is 9.53 Å². The molecule has 1 atom stereocenters. The normalized spacial score (nSPS) is 36.5. The van der Waals surface area contributed by atoms with Gasteiger partial charge in [-0.25, -0.2) is 9.59 Å². The monoisotopic (exact) mass is 350 g/mol. The Balaban J connectivity index is 1.40. The summed E-state index contributed by atoms with van der Waals surface area (Å²) in [5, 5.41) is 0. The van der Waals surface area contributed by atoms with Crippen molar-refractivity contribution in [3.63, 3.8) is 0 Å². The van der Waals surface area contributed by atoms with Crippen LogP contribution in [0.3, 0.4) is 0 Å². The molecule has 25 heavy (non-hydrogen) atoms. The molecular formula is C17H26N4O4. The van der Waals surface area contributed by atoms with Crippen LogP contribution < -0.4 is 5.73 Å². The summed E-state index contributed by atoms with van der Waals surface area (Å²) in [4.78, 5) is 42.1. The van der Waals surface area contributed by atoms with Crippen molar-refractivity contribution >= 4 is 18.0 Å². The van der Waals surface area contributed by atoms with E-state index in [2.05, 4.69) is 0 Å². The predicted molar refractivity (Wildman–Crippen MR) is 88.6 cm³/mol. The SMILES string of the molecule is CC(C)(C)OC(=O)N1CCN2C(=O)N(C34CC(C(N)=O)(C3)C4)C[C@@H]2C1. The molecule has 3 saturated carbocycles. The number of hydrogen-bond acceptors (Lipinski definition) is 4. The highest BCUT2D eigenvalue weighted by molar-refractivity contribution is 5.88. The van der Waals surface area contributed by atoms with Crippen molar-refractivity contribution in [2.75, 3.05) is 26.2 Å². The predicted octanol–water partition coefficient (Wildman–Crippen LogP) is 0.751. The first kappa shape index (κ1) is 16.5. The van der Waals surface area contributed by atoms with Crippen LogP contribution in [0.2, 0.25) is 0 Å². The number of hydrogen-bond donors (Lipinski definition) is 1. The molecule has 8 nitrogen and oxygen atoms in total. The van der Waals surface area contributed by atoms with Crippen LogP contribution in [0.4, 0.5) is 9.59 Å². The van der Waals surface area contributed by atoms with Gasteiger partial charge in [-0.2, -0.15) is 0 Å². The molecule has 0 aromatic rings. The fourth-order valence-corrected chi connectivity index (χ4v) is 4.88. The second-order valence-corrected chi connectivity index (χ2v) is 9.07. The van der Waals surface area contributed by atoms with Crippen molar-refractivity contribution in [3.8, 4) is 0 Å². The van der Waals surface area contributed by atoms with Crippen molar-refractivity contribution in [2.45, 2.75) is 57.2 Å². The van der Waals surface area contributed by atoms with Crippen LogP contribution in [0.25, 0.3) is 0 Å². The first-order valence-corrected chi connectivity index (χ1v) is 8.91. The van der Waals surface area contributed by atoms with Crippen molar-refractivity contribution in [1.29, 1.82) is 0 Å². The number of carbonyl (C=O) groups is 3. The van der Waals surface area contributed by atoms with E-state index >= 15 is 0 Å². The van der Waals surface area contributed by atoms with Crippen LogP contribution in [0.5, 0.6) is 0 Å². The van der Waals surface area contributed by atoms with E-state index in [0.29, 0.717) is 45.4 Å². The third-order valence-corrected chi connectivity index (χ3v) is 6.10. The van der Waals surface area contributed by atoms with Crippen molar-refractivity contribution < 1.29 is 19.1 Å². The van der Waals surface area contributed by atoms with Gasteiger partial charge in [0.25, 0.3) is 0 Å². The maximum absolute atomic E-state index is 12.8. The molecule has 5 fully saturated rings. The number of carbonyl (C=O) groups excluding carboxylic acids is 3. The van der Waals surface area contributed by atoms with E-state index < -0.39 is 5.60 Å². The smallest absolute Gasteiger partial charge is 0.410 e. The number of rotatable bonds is 2. The maximum atomic E-state index is 12.8. The maximum Gasteiger partial charge on any atom is 0.410 e. The fraction of sp³-hybridized carbons (Fsp3) is 0.824. The van der Waals surface area contributed by atoms with E-state index in [4.69, 9.17) is 10.5 Å². The zero-order valence-corrected chi connectivity index (χ0v) is 15.1. The molecule has 5 aliphatic rings. The molecule has 0 aromatic heterocycles. The zero-order chi connectivity index (χ0) is 18.2. The quantitative estimate of drug-likeness (QED) is 0.795. The van der Waals surface area contributed by atoms with Crippen LogP contribution in [0, 0.1) is 5.41 Å². The summed E-state index contributed by atoms with van der Waals surface area (Å²) in [7, 11) is 0. The third-order valence-electron chi connectivity index (χ3n) is 6.10. The van der Waals surface area contributed by atoms with Gasteiger partial charge in [-0.15, -0.1) is 0 Å². The lowest BCUT2D eigenvalue weighted by molar-refractivity contribution is -0.202. The Morgan fingerprint density at radius 1 is 1.16 bits per heavy atom. The number of fused-ring (bicyclic) bond motifs is 1. The summed E-state index contributed by atoms with van der Waals surface area (Å²) < 4.78 is 5.44. The number of piperazine rings is 1. The Morgan fingerprint density at radius 2 is 1.80 bits per heavy atom. The first-order valence-electron chi connectivity index (χ1n) is 8.91. The highest BCUT2D eigenvalue weighted by Gasteiger charge is 2.75. The van der Waals surface area contributed by atoms with E-state index in [1.807, 2.05) is 30.6 Å². The van der Waals surface area contributed by atoms with E-state index in [1.165, 1.54) is 0 Å². The molecule has 0 unspecified atom stereocenters. The summed E-state index contributed by atoms with van der Waals surface area (Å²) in [6.07, 6.45) is 1.75. The molecule has 0 aromatic carbocycles. The second kappa shape index (κ2) is 4.80. The minimum Gasteiger partial charge on any atom is -0.444 e. The van der Waals surface area contributed by atoms with Crippen LogP contribution in [-0.4, -0.2) is 76.1 Å². The van der Waals surface area contributed by atoms with Crippen LogP contribution >= 0.6 is 0 Å². The van der Waals surface area contributed by atoms with Gasteiger partial charge < -0.3 is 25.2 Å². The highest BCUT2D eigenvalue weighted by Crippen LogP contribution is 2.70. The Bertz CT molecular complexity index is 636. The highest BCUT2D eigenvalue weighted by atomic mass is 16.6. The Kier molecular flexibility index (Phi) is 3.16. The summed E-state index contributed by atoms with van der Waals surface area (Å²) in [6.45, 7) is 7.65. The van der Waals surface area contributed by atoms with Gasteiger partial charge in [0.1, 0.15) is 5.60 Å². The number of ether oxygens (including phenoxy) is 1. The minimum absolute atomic E-state index is 0.00711. The Hall–Kier alpha value is -1.99. The number of primary amides is 1. The van der Waals surface area contributed by atoms with E-state index in [0.717, 1.165) is 0 Å². The lowest BCUT2D eigenvalue weighted by Crippen LogP contribution is -2.78. The molecule has 8 heteroatoms. The van der Waals surface area contributed by atoms with Gasteiger partial charge in [0.15, 0.2) is 0 Å². The van der Waals surface area contributed by atoms with Gasteiger partial charge in [0.05, 0.1) is 11.5 Å². The van der Waals surface area contributed by atoms with E-state index in [9.17, 15) is 14.4 Å². The van der Waals surface area contributed by atoms with E-state index in [-0.39, 0.29) is 35.0 Å². The summed E-state index contributed by atoms with van der Waals surface area (Å²) >= 11 is 0. The van der Waals surface area contributed by atoms with E-state index in [1.54, 1.807) is 4.90 Å². The van der Waals surface area contributed by atoms with Gasteiger partial charge in [-0.05, 0) is 40.0 Å². The largest absolute Gasteiger partial charge is 0.444 e. The molecule has 0 radical (unpaired) electrons. The minimum atomic E-state index is -0.527. The van der Waals surface area contributed by atoms with Crippen LogP contribution in [0.1, 0.15) is 40.0 Å². The lowest BCUT2D eigenvalue weighted by Gasteiger charge is -2.71. The van der Waals surface area contributed by atoms with Gasteiger partial charge in [-0.3, -0.25) is 4.79 Å². The molecule has 0 spiro atoms.